The van der Waals surface area contributed by atoms with Crippen LogP contribution >= 0.6 is 34.7 Å². The Balaban J connectivity index is 2.10. The topological polar surface area (TPSA) is 64.7 Å². The van der Waals surface area contributed by atoms with Crippen molar-refractivity contribution in [1.29, 1.82) is 0 Å². The summed E-state index contributed by atoms with van der Waals surface area (Å²) in [4.78, 5) is 13.5. The minimum absolute atomic E-state index is 0.263. The highest BCUT2D eigenvalue weighted by Crippen LogP contribution is 2.35. The van der Waals surface area contributed by atoms with Crippen molar-refractivity contribution in [2.45, 2.75) is 10.1 Å². The Kier molecular flexibility index (Phi) is 3.07. The first kappa shape index (κ1) is 11.7. The number of nitrogens with two attached hydrogens (primary N) is 1. The average Bonchev–Trinajstić information content (AvgIpc) is 2.80. The molecule has 0 unspecified atom stereocenters. The number of hydrogen-bond donors (Lipinski definition) is 1. The van der Waals surface area contributed by atoms with Crippen LogP contribution in [0.2, 0.25) is 5.02 Å². The van der Waals surface area contributed by atoms with E-state index in [0.717, 1.165) is 15.2 Å². The molecule has 4 nitrogen and oxygen atoms in total. The van der Waals surface area contributed by atoms with Gasteiger partial charge in [0.05, 0.1) is 5.02 Å². The Labute approximate surface area is 116 Å². The van der Waals surface area contributed by atoms with Gasteiger partial charge in [-0.1, -0.05) is 11.6 Å². The Bertz CT molecular complexity index is 713. The second-order valence-corrected chi connectivity index (χ2v) is 5.70. The molecule has 0 aliphatic heterocycles. The van der Waals surface area contributed by atoms with E-state index in [1.165, 1.54) is 23.1 Å². The Morgan fingerprint density at radius 1 is 1.22 bits per heavy atom. The molecule has 0 aliphatic rings. The summed E-state index contributed by atoms with van der Waals surface area (Å²) in [5.41, 5.74) is 5.69. The first-order valence-corrected chi connectivity index (χ1v) is 7.10. The number of anilines is 1. The zero-order valence-corrected chi connectivity index (χ0v) is 11.4. The van der Waals surface area contributed by atoms with Crippen molar-refractivity contribution < 1.29 is 0 Å². The number of rotatable bonds is 2. The maximum Gasteiger partial charge on any atom is 0.222 e. The molecule has 0 aromatic carbocycles. The molecule has 7 heteroatoms. The number of aromatic nitrogens is 3. The average molecular weight is 295 g/mol. The van der Waals surface area contributed by atoms with E-state index < -0.39 is 0 Å². The van der Waals surface area contributed by atoms with Crippen LogP contribution in [-0.2, 0) is 0 Å². The highest BCUT2D eigenvalue weighted by atomic mass is 35.5. The molecular formula is C11H7ClN4S2. The molecule has 0 amide bonds. The molecule has 2 N–H and O–H groups in total. The number of fused-ring (bicyclic) bond motifs is 1. The Hall–Kier alpha value is -1.37. The maximum atomic E-state index is 6.08. The van der Waals surface area contributed by atoms with Gasteiger partial charge in [-0.05, 0) is 35.3 Å². The minimum atomic E-state index is 0.263. The predicted molar refractivity (Wildman–Crippen MR) is 75.2 cm³/mol. The fraction of sp³-hybridized carbons (Fsp3) is 0. The molecule has 18 heavy (non-hydrogen) atoms. The van der Waals surface area contributed by atoms with E-state index in [2.05, 4.69) is 15.0 Å². The molecule has 0 saturated carbocycles. The molecule has 3 heterocycles. The van der Waals surface area contributed by atoms with Gasteiger partial charge in [-0.15, -0.1) is 11.3 Å². The first-order chi connectivity index (χ1) is 8.74. The van der Waals surface area contributed by atoms with Gasteiger partial charge in [0.1, 0.15) is 14.9 Å². The monoisotopic (exact) mass is 294 g/mol. The van der Waals surface area contributed by atoms with E-state index in [0.29, 0.717) is 10.0 Å². The number of halogens is 1. The number of pyridine rings is 1. The number of nitrogens with zero attached hydrogens (tertiary/aromatic N) is 3. The third kappa shape index (κ3) is 2.14. The summed E-state index contributed by atoms with van der Waals surface area (Å²) in [6.07, 6.45) is 1.70. The van der Waals surface area contributed by atoms with Gasteiger partial charge in [-0.2, -0.15) is 0 Å². The van der Waals surface area contributed by atoms with E-state index in [1.54, 1.807) is 18.3 Å². The molecule has 0 atom stereocenters. The van der Waals surface area contributed by atoms with Crippen molar-refractivity contribution in [3.05, 3.63) is 34.8 Å². The molecule has 0 fully saturated rings. The second-order valence-electron chi connectivity index (χ2n) is 3.42. The third-order valence-electron chi connectivity index (χ3n) is 2.23. The molecule has 90 valence electrons. The van der Waals surface area contributed by atoms with Crippen molar-refractivity contribution in [1.82, 2.24) is 15.0 Å². The van der Waals surface area contributed by atoms with Gasteiger partial charge >= 0.3 is 0 Å². The van der Waals surface area contributed by atoms with Crippen LogP contribution in [0.15, 0.2) is 39.8 Å². The Morgan fingerprint density at radius 2 is 2.11 bits per heavy atom. The van der Waals surface area contributed by atoms with Crippen LogP contribution in [0, 0.1) is 0 Å². The van der Waals surface area contributed by atoms with Crippen molar-refractivity contribution in [2.75, 3.05) is 5.73 Å². The van der Waals surface area contributed by atoms with Gasteiger partial charge in [0, 0.05) is 11.6 Å². The summed E-state index contributed by atoms with van der Waals surface area (Å²) < 4.78 is 0. The summed E-state index contributed by atoms with van der Waals surface area (Å²) in [6.45, 7) is 0. The van der Waals surface area contributed by atoms with Gasteiger partial charge in [0.15, 0.2) is 0 Å². The SMILES string of the molecule is Nc1nc(Sc2ncccc2Cl)c2ccsc2n1. The highest BCUT2D eigenvalue weighted by Gasteiger charge is 2.11. The van der Waals surface area contributed by atoms with Gasteiger partial charge < -0.3 is 5.73 Å². The van der Waals surface area contributed by atoms with Gasteiger partial charge in [0.2, 0.25) is 5.95 Å². The summed E-state index contributed by atoms with van der Waals surface area (Å²) >= 11 is 9.01. The predicted octanol–water partition coefficient (Wildman–Crippen LogP) is 3.47. The lowest BCUT2D eigenvalue weighted by atomic mass is 10.4. The van der Waals surface area contributed by atoms with E-state index in [4.69, 9.17) is 17.3 Å². The minimum Gasteiger partial charge on any atom is -0.368 e. The summed E-state index contributed by atoms with van der Waals surface area (Å²) in [5, 5.41) is 5.02. The van der Waals surface area contributed by atoms with Crippen LogP contribution in [0.1, 0.15) is 0 Å². The maximum absolute atomic E-state index is 6.08. The van der Waals surface area contributed by atoms with Gasteiger partial charge in [0.25, 0.3) is 0 Å². The molecule has 3 rings (SSSR count). The Morgan fingerprint density at radius 3 is 2.94 bits per heavy atom. The lowest BCUT2D eigenvalue weighted by Crippen LogP contribution is -1.95. The number of nitrogen functional groups attached to an aromatic ring is 1. The standard InChI is InChI=1S/C11H7ClN4S2/c12-7-2-1-4-14-10(7)18-9-6-3-5-17-8(6)15-11(13)16-9/h1-5H,(H2,13,15,16). The molecular weight excluding hydrogens is 288 g/mol. The largest absolute Gasteiger partial charge is 0.368 e. The van der Waals surface area contributed by atoms with E-state index in [-0.39, 0.29) is 5.95 Å². The summed E-state index contributed by atoms with van der Waals surface area (Å²) in [7, 11) is 0. The molecule has 0 radical (unpaired) electrons. The number of thiophene rings is 1. The zero-order chi connectivity index (χ0) is 12.5. The van der Waals surface area contributed by atoms with Crippen LogP contribution in [0.3, 0.4) is 0 Å². The van der Waals surface area contributed by atoms with Crippen molar-refractivity contribution in [3.63, 3.8) is 0 Å². The summed E-state index contributed by atoms with van der Waals surface area (Å²) in [6, 6.07) is 5.56. The molecule has 3 aromatic heterocycles. The zero-order valence-electron chi connectivity index (χ0n) is 9.00. The van der Waals surface area contributed by atoms with Gasteiger partial charge in [-0.3, -0.25) is 0 Å². The lowest BCUT2D eigenvalue weighted by molar-refractivity contribution is 1.09. The second kappa shape index (κ2) is 4.72. The molecule has 0 aliphatic carbocycles. The van der Waals surface area contributed by atoms with Crippen LogP contribution in [-0.4, -0.2) is 15.0 Å². The van der Waals surface area contributed by atoms with E-state index >= 15 is 0 Å². The van der Waals surface area contributed by atoms with Crippen LogP contribution < -0.4 is 5.73 Å². The van der Waals surface area contributed by atoms with Crippen molar-refractivity contribution >= 4 is 50.9 Å². The molecule has 0 bridgehead atoms. The fourth-order valence-corrected chi connectivity index (χ4v) is 3.41. The van der Waals surface area contributed by atoms with Crippen molar-refractivity contribution in [2.24, 2.45) is 0 Å². The van der Waals surface area contributed by atoms with E-state index in [9.17, 15) is 0 Å². The molecule has 0 spiro atoms. The van der Waals surface area contributed by atoms with Gasteiger partial charge in [-0.25, -0.2) is 15.0 Å². The summed E-state index contributed by atoms with van der Waals surface area (Å²) in [5.74, 6) is 0.263. The van der Waals surface area contributed by atoms with Crippen molar-refractivity contribution in [3.8, 4) is 0 Å². The van der Waals surface area contributed by atoms with Crippen LogP contribution in [0.4, 0.5) is 5.95 Å². The normalized spacial score (nSPS) is 10.9. The fourth-order valence-electron chi connectivity index (χ4n) is 1.46. The van der Waals surface area contributed by atoms with E-state index in [1.807, 2.05) is 11.4 Å². The first-order valence-electron chi connectivity index (χ1n) is 5.03. The third-order valence-corrected chi connectivity index (χ3v) is 4.47. The van der Waals surface area contributed by atoms with Crippen LogP contribution in [0.5, 0.6) is 0 Å². The molecule has 3 aromatic rings. The smallest absolute Gasteiger partial charge is 0.222 e. The lowest BCUT2D eigenvalue weighted by Gasteiger charge is -2.04. The molecule has 0 saturated heterocycles. The highest BCUT2D eigenvalue weighted by molar-refractivity contribution is 7.99. The number of hydrogen-bond acceptors (Lipinski definition) is 6. The van der Waals surface area contributed by atoms with Crippen LogP contribution in [0.25, 0.3) is 10.2 Å². The quantitative estimate of drug-likeness (QED) is 0.733.